The quantitative estimate of drug-likeness (QED) is 0.605. The Morgan fingerprint density at radius 2 is 1.86 bits per heavy atom. The summed E-state index contributed by atoms with van der Waals surface area (Å²) in [5, 5.41) is 0. The van der Waals surface area contributed by atoms with Crippen molar-refractivity contribution in [2.24, 2.45) is 0 Å². The van der Waals surface area contributed by atoms with Gasteiger partial charge in [0.15, 0.2) is 6.10 Å². The van der Waals surface area contributed by atoms with E-state index in [1.54, 1.807) is 14.2 Å². The Labute approximate surface area is 83.3 Å². The molecule has 14 heavy (non-hydrogen) atoms. The van der Waals surface area contributed by atoms with Gasteiger partial charge in [-0.1, -0.05) is 0 Å². The minimum absolute atomic E-state index is 0.182. The Balaban J connectivity index is 2.58. The molecule has 0 bridgehead atoms. The molecule has 1 heterocycles. The lowest BCUT2D eigenvalue weighted by atomic mass is 10.1. The van der Waals surface area contributed by atoms with Gasteiger partial charge in [0.25, 0.3) is 0 Å². The molecule has 0 unspecified atom stereocenters. The molecule has 3 atom stereocenters. The van der Waals surface area contributed by atoms with E-state index in [1.807, 2.05) is 0 Å². The highest BCUT2D eigenvalue weighted by atomic mass is 16.6. The van der Waals surface area contributed by atoms with Crippen molar-refractivity contribution in [2.45, 2.75) is 25.2 Å². The zero-order valence-electron chi connectivity index (χ0n) is 8.69. The maximum atomic E-state index is 10.8. The maximum absolute atomic E-state index is 10.8. The summed E-state index contributed by atoms with van der Waals surface area (Å²) in [6.45, 7) is 2.19. The van der Waals surface area contributed by atoms with Gasteiger partial charge in [-0.25, -0.2) is 0 Å². The van der Waals surface area contributed by atoms with Gasteiger partial charge in [-0.3, -0.25) is 4.79 Å². The van der Waals surface area contributed by atoms with E-state index in [9.17, 15) is 4.79 Å². The predicted molar refractivity (Wildman–Crippen MR) is 48.0 cm³/mol. The highest BCUT2D eigenvalue weighted by Crippen LogP contribution is 2.17. The summed E-state index contributed by atoms with van der Waals surface area (Å²) in [4.78, 5) is 10.8. The first-order valence-electron chi connectivity index (χ1n) is 4.49. The second kappa shape index (κ2) is 5.29. The van der Waals surface area contributed by atoms with Crippen LogP contribution in [0.15, 0.2) is 0 Å². The van der Waals surface area contributed by atoms with Gasteiger partial charge < -0.3 is 18.9 Å². The van der Waals surface area contributed by atoms with Crippen molar-refractivity contribution in [1.82, 2.24) is 0 Å². The standard InChI is InChI=1S/C9H16O5/c1-6(10)14-8-5-13-4-7(11-2)9(8)12-3/h7-9H,4-5H2,1-3H3/t7-,8-,9+/m0/s1. The van der Waals surface area contributed by atoms with E-state index in [1.165, 1.54) is 6.92 Å². The van der Waals surface area contributed by atoms with Crippen LogP contribution in [0.5, 0.6) is 0 Å². The molecule has 5 heteroatoms. The molecule has 1 rings (SSSR count). The van der Waals surface area contributed by atoms with E-state index in [0.717, 1.165) is 0 Å². The lowest BCUT2D eigenvalue weighted by molar-refractivity contribution is -0.194. The number of carbonyl (C=O) groups excluding carboxylic acids is 1. The van der Waals surface area contributed by atoms with Gasteiger partial charge in [-0.05, 0) is 0 Å². The van der Waals surface area contributed by atoms with Crippen LogP contribution in [-0.2, 0) is 23.7 Å². The van der Waals surface area contributed by atoms with Gasteiger partial charge in [0, 0.05) is 21.1 Å². The van der Waals surface area contributed by atoms with Crippen LogP contribution < -0.4 is 0 Å². The highest BCUT2D eigenvalue weighted by Gasteiger charge is 2.36. The van der Waals surface area contributed by atoms with Crippen LogP contribution in [0, 0.1) is 0 Å². The number of methoxy groups -OCH3 is 2. The van der Waals surface area contributed by atoms with Gasteiger partial charge in [-0.2, -0.15) is 0 Å². The molecular weight excluding hydrogens is 188 g/mol. The second-order valence-electron chi connectivity index (χ2n) is 3.16. The molecule has 0 aliphatic carbocycles. The van der Waals surface area contributed by atoms with Crippen molar-refractivity contribution >= 4 is 5.97 Å². The van der Waals surface area contributed by atoms with Gasteiger partial charge >= 0.3 is 5.97 Å². The fourth-order valence-corrected chi connectivity index (χ4v) is 1.55. The van der Waals surface area contributed by atoms with Crippen molar-refractivity contribution in [2.75, 3.05) is 27.4 Å². The monoisotopic (exact) mass is 204 g/mol. The highest BCUT2D eigenvalue weighted by molar-refractivity contribution is 5.66. The summed E-state index contributed by atoms with van der Waals surface area (Å²) < 4.78 is 20.7. The topological polar surface area (TPSA) is 54.0 Å². The third kappa shape index (κ3) is 2.67. The van der Waals surface area contributed by atoms with Crippen LogP contribution in [0.2, 0.25) is 0 Å². The number of hydrogen-bond donors (Lipinski definition) is 0. The Kier molecular flexibility index (Phi) is 4.31. The fraction of sp³-hybridized carbons (Fsp3) is 0.889. The number of carbonyl (C=O) groups is 1. The molecule has 0 aromatic rings. The van der Waals surface area contributed by atoms with Crippen LogP contribution in [0.25, 0.3) is 0 Å². The molecule has 1 saturated heterocycles. The van der Waals surface area contributed by atoms with Gasteiger partial charge in [0.1, 0.15) is 12.2 Å². The number of esters is 1. The summed E-state index contributed by atoms with van der Waals surface area (Å²) in [7, 11) is 3.15. The summed E-state index contributed by atoms with van der Waals surface area (Å²) in [6.07, 6.45) is -0.813. The molecule has 0 spiro atoms. The van der Waals surface area contributed by atoms with Crippen LogP contribution in [-0.4, -0.2) is 51.7 Å². The first-order valence-corrected chi connectivity index (χ1v) is 4.49. The lowest BCUT2D eigenvalue weighted by Gasteiger charge is -2.35. The van der Waals surface area contributed by atoms with Crippen molar-refractivity contribution in [3.05, 3.63) is 0 Å². The molecule has 1 aliphatic rings. The SMILES string of the molecule is CO[C@@H]1[C@@H](OC)COC[C@@H]1OC(C)=O. The minimum Gasteiger partial charge on any atom is -0.457 e. The number of rotatable bonds is 3. The second-order valence-corrected chi connectivity index (χ2v) is 3.16. The van der Waals surface area contributed by atoms with Crippen molar-refractivity contribution in [3.63, 3.8) is 0 Å². The summed E-state index contributed by atoms with van der Waals surface area (Å²) >= 11 is 0. The van der Waals surface area contributed by atoms with Crippen LogP contribution in [0.1, 0.15) is 6.92 Å². The molecule has 0 amide bonds. The predicted octanol–water partition coefficient (Wildman–Crippen LogP) is -0.0217. The lowest BCUT2D eigenvalue weighted by Crippen LogP contribution is -2.51. The maximum Gasteiger partial charge on any atom is 0.303 e. The van der Waals surface area contributed by atoms with Gasteiger partial charge in [-0.15, -0.1) is 0 Å². The zero-order valence-corrected chi connectivity index (χ0v) is 8.69. The molecule has 1 aliphatic heterocycles. The van der Waals surface area contributed by atoms with E-state index >= 15 is 0 Å². The fourth-order valence-electron chi connectivity index (χ4n) is 1.55. The molecule has 0 aromatic carbocycles. The normalized spacial score (nSPS) is 32.6. The Hall–Kier alpha value is -0.650. The van der Waals surface area contributed by atoms with E-state index < -0.39 is 0 Å². The number of hydrogen-bond acceptors (Lipinski definition) is 5. The molecule has 82 valence electrons. The van der Waals surface area contributed by atoms with E-state index in [2.05, 4.69) is 0 Å². The van der Waals surface area contributed by atoms with E-state index in [-0.39, 0.29) is 24.3 Å². The average molecular weight is 204 g/mol. The average Bonchev–Trinajstić information content (AvgIpc) is 2.16. The van der Waals surface area contributed by atoms with Gasteiger partial charge in [0.2, 0.25) is 0 Å². The Morgan fingerprint density at radius 3 is 2.36 bits per heavy atom. The van der Waals surface area contributed by atoms with Crippen LogP contribution >= 0.6 is 0 Å². The molecule has 5 nitrogen and oxygen atoms in total. The molecule has 0 radical (unpaired) electrons. The summed E-state index contributed by atoms with van der Waals surface area (Å²) in [5.41, 5.74) is 0. The largest absolute Gasteiger partial charge is 0.457 e. The third-order valence-corrected chi connectivity index (χ3v) is 2.19. The van der Waals surface area contributed by atoms with Crippen molar-refractivity contribution < 1.29 is 23.7 Å². The first kappa shape index (κ1) is 11.4. The third-order valence-electron chi connectivity index (χ3n) is 2.19. The smallest absolute Gasteiger partial charge is 0.303 e. The van der Waals surface area contributed by atoms with E-state index in [0.29, 0.717) is 13.2 Å². The zero-order chi connectivity index (χ0) is 10.6. The summed E-state index contributed by atoms with van der Waals surface area (Å²) in [6, 6.07) is 0. The van der Waals surface area contributed by atoms with Crippen molar-refractivity contribution in [1.29, 1.82) is 0 Å². The molecular formula is C9H16O5. The molecule has 1 fully saturated rings. The van der Waals surface area contributed by atoms with Crippen molar-refractivity contribution in [3.8, 4) is 0 Å². The summed E-state index contributed by atoms with van der Waals surface area (Å²) in [5.74, 6) is -0.336. The van der Waals surface area contributed by atoms with Crippen LogP contribution in [0.3, 0.4) is 0 Å². The minimum atomic E-state index is -0.379. The van der Waals surface area contributed by atoms with Gasteiger partial charge in [0.05, 0.1) is 13.2 Å². The first-order chi connectivity index (χ1) is 6.69. The molecule has 0 aromatic heterocycles. The Morgan fingerprint density at radius 1 is 1.21 bits per heavy atom. The molecule has 0 saturated carbocycles. The van der Waals surface area contributed by atoms with E-state index in [4.69, 9.17) is 18.9 Å². The molecule has 0 N–H and O–H groups in total. The van der Waals surface area contributed by atoms with Crippen LogP contribution in [0.4, 0.5) is 0 Å². The Bertz CT molecular complexity index is 194. The number of ether oxygens (including phenoxy) is 4.